The van der Waals surface area contributed by atoms with Gasteiger partial charge in [0.15, 0.2) is 0 Å². The summed E-state index contributed by atoms with van der Waals surface area (Å²) in [4.78, 5) is 23.9. The molecule has 1 aliphatic heterocycles. The second kappa shape index (κ2) is 7.76. The average Bonchev–Trinajstić information content (AvgIpc) is 3.04. The van der Waals surface area contributed by atoms with Crippen LogP contribution in [0.15, 0.2) is 48.5 Å². The minimum Gasteiger partial charge on any atom is -0.389 e. The van der Waals surface area contributed by atoms with Crippen molar-refractivity contribution < 1.29 is 14.7 Å². The number of hydrogen-bond donors (Lipinski definition) is 3. The monoisotopic (exact) mass is 378 g/mol. The summed E-state index contributed by atoms with van der Waals surface area (Å²) < 4.78 is 0. The first-order valence-electron chi connectivity index (χ1n) is 9.98. The van der Waals surface area contributed by atoms with E-state index in [0.29, 0.717) is 30.9 Å². The van der Waals surface area contributed by atoms with Crippen molar-refractivity contribution in [1.82, 2.24) is 0 Å². The molecular weight excluding hydrogens is 352 g/mol. The zero-order chi connectivity index (χ0) is 19.6. The Morgan fingerprint density at radius 1 is 1.14 bits per heavy atom. The molecular formula is C23H26N2O3. The summed E-state index contributed by atoms with van der Waals surface area (Å²) in [6, 6.07) is 15.8. The molecule has 28 heavy (non-hydrogen) atoms. The van der Waals surface area contributed by atoms with Crippen LogP contribution in [0.25, 0.3) is 0 Å². The molecule has 1 aliphatic carbocycles. The molecule has 5 heteroatoms. The predicted octanol–water partition coefficient (Wildman–Crippen LogP) is 3.67. The first-order chi connectivity index (χ1) is 13.5. The van der Waals surface area contributed by atoms with E-state index in [0.717, 1.165) is 30.5 Å². The molecule has 2 aliphatic rings. The predicted molar refractivity (Wildman–Crippen MR) is 109 cm³/mol. The number of anilines is 2. The molecule has 146 valence electrons. The van der Waals surface area contributed by atoms with Gasteiger partial charge in [-0.25, -0.2) is 0 Å². The standard InChI is InChI=1S/C23H26N2O3/c26-21-14-18-13-19(6-7-20(18)25-21)24-22(27)15-23(28)10-8-17(9-11-23)12-16-4-2-1-3-5-16/h1-7,13,17,28H,8-12,14-15H2,(H,24,27)(H,25,26). The molecule has 5 nitrogen and oxygen atoms in total. The average molecular weight is 378 g/mol. The first kappa shape index (κ1) is 18.7. The molecule has 0 atom stereocenters. The summed E-state index contributed by atoms with van der Waals surface area (Å²) >= 11 is 0. The van der Waals surface area contributed by atoms with Crippen LogP contribution in [-0.4, -0.2) is 22.5 Å². The Labute approximate surface area is 165 Å². The van der Waals surface area contributed by atoms with Crippen LogP contribution in [0.5, 0.6) is 0 Å². The van der Waals surface area contributed by atoms with Gasteiger partial charge in [-0.2, -0.15) is 0 Å². The third-order valence-electron chi connectivity index (χ3n) is 5.91. The Kier molecular flexibility index (Phi) is 5.18. The number of benzene rings is 2. The van der Waals surface area contributed by atoms with Gasteiger partial charge in [-0.1, -0.05) is 30.3 Å². The largest absolute Gasteiger partial charge is 0.389 e. The fourth-order valence-electron chi connectivity index (χ4n) is 4.35. The number of hydrogen-bond acceptors (Lipinski definition) is 3. The van der Waals surface area contributed by atoms with Crippen LogP contribution in [0.4, 0.5) is 11.4 Å². The molecule has 0 saturated heterocycles. The van der Waals surface area contributed by atoms with E-state index in [1.807, 2.05) is 12.1 Å². The number of carbonyl (C=O) groups excluding carboxylic acids is 2. The Bertz CT molecular complexity index is 871. The molecule has 0 radical (unpaired) electrons. The van der Waals surface area contributed by atoms with Gasteiger partial charge < -0.3 is 15.7 Å². The fraction of sp³-hybridized carbons (Fsp3) is 0.391. The Balaban J connectivity index is 1.29. The van der Waals surface area contributed by atoms with Crippen LogP contribution in [0.1, 0.15) is 43.2 Å². The summed E-state index contributed by atoms with van der Waals surface area (Å²) in [6.07, 6.45) is 4.66. The Morgan fingerprint density at radius 2 is 1.89 bits per heavy atom. The van der Waals surface area contributed by atoms with E-state index in [4.69, 9.17) is 0 Å². The van der Waals surface area contributed by atoms with E-state index in [2.05, 4.69) is 34.9 Å². The van der Waals surface area contributed by atoms with Crippen molar-refractivity contribution in [3.63, 3.8) is 0 Å². The van der Waals surface area contributed by atoms with Gasteiger partial charge in [0.2, 0.25) is 11.8 Å². The number of nitrogens with one attached hydrogen (secondary N) is 2. The third kappa shape index (κ3) is 4.42. The quantitative estimate of drug-likeness (QED) is 0.743. The number of carbonyl (C=O) groups is 2. The van der Waals surface area contributed by atoms with Crippen LogP contribution < -0.4 is 10.6 Å². The van der Waals surface area contributed by atoms with Gasteiger partial charge in [-0.05, 0) is 67.3 Å². The lowest BCUT2D eigenvalue weighted by molar-refractivity contribution is -0.123. The summed E-state index contributed by atoms with van der Waals surface area (Å²) in [5, 5.41) is 16.5. The molecule has 2 aromatic rings. The smallest absolute Gasteiger partial charge is 0.228 e. The first-order valence-corrected chi connectivity index (χ1v) is 9.98. The summed E-state index contributed by atoms with van der Waals surface area (Å²) in [5.41, 5.74) is 2.77. The van der Waals surface area contributed by atoms with E-state index in [-0.39, 0.29) is 18.2 Å². The molecule has 0 unspecified atom stereocenters. The number of aliphatic hydroxyl groups is 1. The normalized spacial score (nSPS) is 23.8. The third-order valence-corrected chi connectivity index (χ3v) is 5.91. The highest BCUT2D eigenvalue weighted by atomic mass is 16.3. The Hall–Kier alpha value is -2.66. The minimum atomic E-state index is -0.925. The molecule has 1 fully saturated rings. The van der Waals surface area contributed by atoms with Gasteiger partial charge in [-0.3, -0.25) is 9.59 Å². The highest BCUT2D eigenvalue weighted by molar-refractivity contribution is 6.00. The van der Waals surface area contributed by atoms with E-state index < -0.39 is 5.60 Å². The van der Waals surface area contributed by atoms with Crippen molar-refractivity contribution in [3.8, 4) is 0 Å². The summed E-state index contributed by atoms with van der Waals surface area (Å²) in [6.45, 7) is 0. The van der Waals surface area contributed by atoms with Gasteiger partial charge in [0, 0.05) is 11.4 Å². The molecule has 0 bridgehead atoms. The maximum Gasteiger partial charge on any atom is 0.228 e. The van der Waals surface area contributed by atoms with Gasteiger partial charge in [-0.15, -0.1) is 0 Å². The maximum atomic E-state index is 12.5. The second-order valence-corrected chi connectivity index (χ2v) is 8.18. The molecule has 1 heterocycles. The SMILES string of the molecule is O=C(CC1(O)CCC(Cc2ccccc2)CC1)Nc1ccc2c(c1)CC(=O)N2. The van der Waals surface area contributed by atoms with Gasteiger partial charge in [0.25, 0.3) is 0 Å². The van der Waals surface area contributed by atoms with Crippen LogP contribution in [0.3, 0.4) is 0 Å². The molecule has 2 aromatic carbocycles. The lowest BCUT2D eigenvalue weighted by atomic mass is 9.75. The van der Waals surface area contributed by atoms with E-state index in [1.165, 1.54) is 5.56 Å². The van der Waals surface area contributed by atoms with Crippen LogP contribution in [0, 0.1) is 5.92 Å². The molecule has 1 saturated carbocycles. The molecule has 3 N–H and O–H groups in total. The van der Waals surface area contributed by atoms with E-state index >= 15 is 0 Å². The van der Waals surface area contributed by atoms with Gasteiger partial charge in [0.1, 0.15) is 0 Å². The van der Waals surface area contributed by atoms with Gasteiger partial charge in [0.05, 0.1) is 18.4 Å². The van der Waals surface area contributed by atoms with Crippen molar-refractivity contribution in [3.05, 3.63) is 59.7 Å². The zero-order valence-corrected chi connectivity index (χ0v) is 15.9. The lowest BCUT2D eigenvalue weighted by Gasteiger charge is -2.35. The molecule has 0 spiro atoms. The van der Waals surface area contributed by atoms with E-state index in [1.54, 1.807) is 12.1 Å². The van der Waals surface area contributed by atoms with Crippen molar-refractivity contribution in [1.29, 1.82) is 0 Å². The van der Waals surface area contributed by atoms with Crippen molar-refractivity contribution >= 4 is 23.2 Å². The van der Waals surface area contributed by atoms with Gasteiger partial charge >= 0.3 is 0 Å². The van der Waals surface area contributed by atoms with Crippen LogP contribution >= 0.6 is 0 Å². The van der Waals surface area contributed by atoms with E-state index in [9.17, 15) is 14.7 Å². The lowest BCUT2D eigenvalue weighted by Crippen LogP contribution is -2.38. The summed E-state index contributed by atoms with van der Waals surface area (Å²) in [5.74, 6) is 0.355. The molecule has 4 rings (SSSR count). The highest BCUT2D eigenvalue weighted by Crippen LogP contribution is 2.36. The van der Waals surface area contributed by atoms with Crippen molar-refractivity contribution in [2.75, 3.05) is 10.6 Å². The van der Waals surface area contributed by atoms with Crippen LogP contribution in [-0.2, 0) is 22.4 Å². The molecule has 0 aromatic heterocycles. The fourth-order valence-corrected chi connectivity index (χ4v) is 4.35. The number of amides is 2. The Morgan fingerprint density at radius 3 is 2.64 bits per heavy atom. The van der Waals surface area contributed by atoms with Crippen LogP contribution in [0.2, 0.25) is 0 Å². The topological polar surface area (TPSA) is 78.4 Å². The highest BCUT2D eigenvalue weighted by Gasteiger charge is 2.35. The number of rotatable bonds is 5. The molecule has 2 amide bonds. The minimum absolute atomic E-state index is 0.0277. The zero-order valence-electron chi connectivity index (χ0n) is 15.9. The van der Waals surface area contributed by atoms with Crippen molar-refractivity contribution in [2.45, 2.75) is 50.5 Å². The maximum absolute atomic E-state index is 12.5. The second-order valence-electron chi connectivity index (χ2n) is 8.18. The number of fused-ring (bicyclic) bond motifs is 1. The van der Waals surface area contributed by atoms with Crippen molar-refractivity contribution in [2.24, 2.45) is 5.92 Å². The summed E-state index contributed by atoms with van der Waals surface area (Å²) in [7, 11) is 0.